The number of nitrogens with one attached hydrogen (secondary N) is 1. The number of hydrogen-bond acceptors (Lipinski definition) is 13. The molecule has 15 nitrogen and oxygen atoms in total. The van der Waals surface area contributed by atoms with Crippen LogP contribution in [0, 0.1) is 17.8 Å². The minimum absolute atomic E-state index is 0.0134. The standard InChI is InChI=1S/C47H65N3O12/c1-6-22-50(46(54)57-8-3)41-30-38(49-62-42-17-11-14-26-58-42)35-27-31(15-9-12-23-51)34(16-10-13-24-52)43-36-28-33(19-21-39(36)61-47(41,44(35)43)59-25-7-2)60-45(53)48-37-20-18-32(55-4)29-40(37)56-5/h7,18-21,27-29,31,34,41-44,51-52H,2,6,8-17,22-26,30H2,1,3-5H3,(H,48,53). The molecule has 15 heteroatoms. The van der Waals surface area contributed by atoms with Crippen molar-refractivity contribution in [1.82, 2.24) is 4.90 Å². The van der Waals surface area contributed by atoms with Crippen LogP contribution in [0.15, 0.2) is 65.9 Å². The summed E-state index contributed by atoms with van der Waals surface area (Å²) in [5.41, 5.74) is 2.76. The smallest absolute Gasteiger partial charge is 0.417 e. The monoisotopic (exact) mass is 863 g/mol. The number of oxime groups is 1. The SMILES string of the molecule is C=CCOC12Oc3ccc(OC(=O)Nc4ccc(OC)cc4OC)cc3C3C(CCCCO)C(CCCCO)C=C(C(=NOC4CCCCO4)CC1N(CCC)C(=O)OCC)C32. The summed E-state index contributed by atoms with van der Waals surface area (Å²) >= 11 is 0. The fraction of sp³-hybridized carbons (Fsp3) is 0.596. The Labute approximate surface area is 365 Å². The van der Waals surface area contributed by atoms with Gasteiger partial charge in [-0.25, -0.2) is 9.59 Å². The molecule has 2 aromatic carbocycles. The van der Waals surface area contributed by atoms with Gasteiger partial charge in [-0.15, -0.1) is 6.58 Å². The largest absolute Gasteiger partial charge is 0.497 e. The highest BCUT2D eigenvalue weighted by Gasteiger charge is 2.65. The summed E-state index contributed by atoms with van der Waals surface area (Å²) in [6, 6.07) is 9.66. The predicted octanol–water partition coefficient (Wildman–Crippen LogP) is 8.34. The molecule has 62 heavy (non-hydrogen) atoms. The second kappa shape index (κ2) is 22.5. The number of aliphatic hydroxyl groups is 2. The van der Waals surface area contributed by atoms with Crippen LogP contribution in [0.2, 0.25) is 0 Å². The number of fused-ring (bicyclic) bond motifs is 2. The number of hydrogen-bond donors (Lipinski definition) is 3. The second-order valence-electron chi connectivity index (χ2n) is 16.1. The molecule has 4 aliphatic rings. The number of aliphatic hydroxyl groups excluding tert-OH is 2. The molecule has 2 fully saturated rings. The van der Waals surface area contributed by atoms with Gasteiger partial charge in [0.1, 0.15) is 29.0 Å². The summed E-state index contributed by atoms with van der Waals surface area (Å²) in [6.45, 7) is 9.17. The quantitative estimate of drug-likeness (QED) is 0.0622. The molecule has 6 rings (SSSR count). The van der Waals surface area contributed by atoms with Crippen LogP contribution >= 0.6 is 0 Å². The molecule has 0 spiro atoms. The van der Waals surface area contributed by atoms with Crippen LogP contribution in [0.4, 0.5) is 15.3 Å². The van der Waals surface area contributed by atoms with Crippen molar-refractivity contribution in [2.24, 2.45) is 22.9 Å². The maximum absolute atomic E-state index is 14.1. The zero-order valence-corrected chi connectivity index (χ0v) is 36.7. The Hall–Kier alpha value is -4.83. The highest BCUT2D eigenvalue weighted by atomic mass is 16.8. The van der Waals surface area contributed by atoms with Crippen molar-refractivity contribution in [3.63, 3.8) is 0 Å². The molecule has 0 radical (unpaired) electrons. The van der Waals surface area contributed by atoms with Gasteiger partial charge >= 0.3 is 12.2 Å². The summed E-state index contributed by atoms with van der Waals surface area (Å²) in [6.07, 6.45) is 10.1. The summed E-state index contributed by atoms with van der Waals surface area (Å²) in [4.78, 5) is 35.5. The number of carbonyl (C=O) groups is 2. The fourth-order valence-electron chi connectivity index (χ4n) is 9.59. The van der Waals surface area contributed by atoms with Crippen LogP contribution in [-0.4, -0.2) is 105 Å². The van der Waals surface area contributed by atoms with Crippen LogP contribution in [0.5, 0.6) is 23.0 Å². The summed E-state index contributed by atoms with van der Waals surface area (Å²) in [7, 11) is 3.05. The third kappa shape index (κ3) is 10.5. The van der Waals surface area contributed by atoms with Crippen molar-refractivity contribution < 1.29 is 57.8 Å². The van der Waals surface area contributed by atoms with E-state index >= 15 is 0 Å². The average molecular weight is 864 g/mol. The number of allylic oxidation sites excluding steroid dienone is 1. The van der Waals surface area contributed by atoms with Gasteiger partial charge in [0, 0.05) is 50.1 Å². The van der Waals surface area contributed by atoms with Gasteiger partial charge in [0.2, 0.25) is 12.1 Å². The lowest BCUT2D eigenvalue weighted by molar-refractivity contribution is -0.255. The number of rotatable bonds is 21. The lowest BCUT2D eigenvalue weighted by Gasteiger charge is -2.59. The Balaban J connectivity index is 1.52. The van der Waals surface area contributed by atoms with Gasteiger partial charge in [0.25, 0.3) is 0 Å². The first-order chi connectivity index (χ1) is 30.2. The molecule has 1 saturated heterocycles. The van der Waals surface area contributed by atoms with E-state index in [2.05, 4.69) is 18.0 Å². The minimum atomic E-state index is -1.45. The van der Waals surface area contributed by atoms with Crippen LogP contribution in [-0.2, 0) is 19.0 Å². The molecule has 7 unspecified atom stereocenters. The van der Waals surface area contributed by atoms with E-state index in [1.807, 2.05) is 13.0 Å². The third-order valence-corrected chi connectivity index (χ3v) is 12.3. The number of benzene rings is 2. The molecule has 2 amide bonds. The Morgan fingerprint density at radius 2 is 1.81 bits per heavy atom. The number of carbonyl (C=O) groups excluding carboxylic acids is 2. The van der Waals surface area contributed by atoms with Gasteiger partial charge < -0.3 is 48.2 Å². The van der Waals surface area contributed by atoms with E-state index in [0.717, 1.165) is 49.7 Å². The minimum Gasteiger partial charge on any atom is -0.497 e. The topological polar surface area (TPSA) is 176 Å². The number of amides is 2. The van der Waals surface area contributed by atoms with E-state index in [1.54, 1.807) is 55.3 Å². The first-order valence-corrected chi connectivity index (χ1v) is 22.3. The van der Waals surface area contributed by atoms with Gasteiger partial charge in [0.15, 0.2) is 0 Å². The van der Waals surface area contributed by atoms with Crippen molar-refractivity contribution in [3.05, 3.63) is 66.3 Å². The first kappa shape index (κ1) is 46.7. The molecule has 0 bridgehead atoms. The predicted molar refractivity (Wildman–Crippen MR) is 233 cm³/mol. The van der Waals surface area contributed by atoms with E-state index < -0.39 is 36.2 Å². The van der Waals surface area contributed by atoms with Crippen LogP contribution in [0.1, 0.15) is 96.0 Å². The summed E-state index contributed by atoms with van der Waals surface area (Å²) < 4.78 is 42.7. The molecular formula is C47H65N3O12. The molecule has 7 atom stereocenters. The molecule has 1 saturated carbocycles. The number of nitrogens with zero attached hydrogens (tertiary/aromatic N) is 2. The van der Waals surface area contributed by atoms with Gasteiger partial charge in [-0.2, -0.15) is 0 Å². The normalized spacial score (nSPS) is 25.6. The Morgan fingerprint density at radius 3 is 2.50 bits per heavy atom. The van der Waals surface area contributed by atoms with Crippen molar-refractivity contribution in [2.75, 3.05) is 59.1 Å². The van der Waals surface area contributed by atoms with E-state index in [1.165, 1.54) is 7.11 Å². The van der Waals surface area contributed by atoms with E-state index in [0.29, 0.717) is 67.5 Å². The third-order valence-electron chi connectivity index (χ3n) is 12.3. The zero-order chi connectivity index (χ0) is 44.1. The van der Waals surface area contributed by atoms with Crippen LogP contribution in [0.3, 0.4) is 0 Å². The van der Waals surface area contributed by atoms with E-state index in [4.69, 9.17) is 43.2 Å². The van der Waals surface area contributed by atoms with Gasteiger partial charge in [-0.05, 0) is 99.6 Å². The summed E-state index contributed by atoms with van der Waals surface area (Å²) in [5, 5.41) is 27.5. The fourth-order valence-corrected chi connectivity index (χ4v) is 9.59. The highest BCUT2D eigenvalue weighted by Crippen LogP contribution is 2.62. The lowest BCUT2D eigenvalue weighted by Crippen LogP contribution is -2.70. The Kier molecular flexibility index (Phi) is 16.9. The Bertz CT molecular complexity index is 1880. The molecule has 2 aliphatic carbocycles. The molecule has 2 aliphatic heterocycles. The molecule has 0 aromatic heterocycles. The van der Waals surface area contributed by atoms with Crippen LogP contribution < -0.4 is 24.3 Å². The van der Waals surface area contributed by atoms with Gasteiger partial charge in [0.05, 0.1) is 51.4 Å². The number of unbranched alkanes of at least 4 members (excludes halogenated alkanes) is 2. The van der Waals surface area contributed by atoms with Gasteiger partial charge in [-0.1, -0.05) is 37.1 Å². The maximum Gasteiger partial charge on any atom is 0.417 e. The van der Waals surface area contributed by atoms with Gasteiger partial charge in [-0.3, -0.25) is 10.2 Å². The second-order valence-corrected chi connectivity index (χ2v) is 16.1. The first-order valence-electron chi connectivity index (χ1n) is 22.3. The zero-order valence-electron chi connectivity index (χ0n) is 36.7. The van der Waals surface area contributed by atoms with E-state index in [9.17, 15) is 19.8 Å². The molecule has 2 heterocycles. The number of methoxy groups -OCH3 is 2. The van der Waals surface area contributed by atoms with E-state index in [-0.39, 0.29) is 56.4 Å². The Morgan fingerprint density at radius 1 is 1.02 bits per heavy atom. The summed E-state index contributed by atoms with van der Waals surface area (Å²) in [5.74, 6) is -0.538. The molecule has 2 aromatic rings. The highest BCUT2D eigenvalue weighted by molar-refractivity contribution is 6.03. The number of ether oxygens (including phenoxy) is 7. The molecule has 3 N–H and O–H groups in total. The maximum atomic E-state index is 14.1. The lowest BCUT2D eigenvalue weighted by atomic mass is 9.55. The van der Waals surface area contributed by atoms with Crippen molar-refractivity contribution >= 4 is 23.6 Å². The van der Waals surface area contributed by atoms with Crippen molar-refractivity contribution in [3.8, 4) is 23.0 Å². The average Bonchev–Trinajstić information content (AvgIpc) is 3.28. The van der Waals surface area contributed by atoms with Crippen molar-refractivity contribution in [2.45, 2.75) is 109 Å². The van der Waals surface area contributed by atoms with Crippen molar-refractivity contribution in [1.29, 1.82) is 0 Å². The molecule has 340 valence electrons. The number of anilines is 1. The molecular weight excluding hydrogens is 799 g/mol. The van der Waals surface area contributed by atoms with Crippen LogP contribution in [0.25, 0.3) is 0 Å².